The van der Waals surface area contributed by atoms with Crippen molar-refractivity contribution in [3.63, 3.8) is 0 Å². The number of nitrogen functional groups attached to an aromatic ring is 1. The molecule has 0 saturated carbocycles. The summed E-state index contributed by atoms with van der Waals surface area (Å²) in [5.41, 5.74) is 7.72. The SMILES string of the molecule is CC#CCNC(=O)c1cc(N)ccc1C. The van der Waals surface area contributed by atoms with Crippen LogP contribution in [0.2, 0.25) is 0 Å². The van der Waals surface area contributed by atoms with E-state index in [1.165, 1.54) is 0 Å². The molecule has 1 amide bonds. The summed E-state index contributed by atoms with van der Waals surface area (Å²) in [6, 6.07) is 5.28. The lowest BCUT2D eigenvalue weighted by atomic mass is 10.1. The zero-order valence-electron chi connectivity index (χ0n) is 8.92. The molecule has 1 rings (SSSR count). The second kappa shape index (κ2) is 5.06. The maximum Gasteiger partial charge on any atom is 0.252 e. The van der Waals surface area contributed by atoms with Crippen molar-refractivity contribution in [3.8, 4) is 11.8 Å². The number of amides is 1. The first-order chi connectivity index (χ1) is 7.15. The quantitative estimate of drug-likeness (QED) is 0.561. The molecule has 0 heterocycles. The van der Waals surface area contributed by atoms with E-state index in [0.29, 0.717) is 17.8 Å². The van der Waals surface area contributed by atoms with Gasteiger partial charge in [0, 0.05) is 11.3 Å². The van der Waals surface area contributed by atoms with Crippen LogP contribution < -0.4 is 11.1 Å². The van der Waals surface area contributed by atoms with Gasteiger partial charge in [0.15, 0.2) is 0 Å². The number of rotatable bonds is 2. The van der Waals surface area contributed by atoms with Gasteiger partial charge in [-0.3, -0.25) is 4.79 Å². The van der Waals surface area contributed by atoms with E-state index in [2.05, 4.69) is 17.2 Å². The zero-order valence-corrected chi connectivity index (χ0v) is 8.92. The van der Waals surface area contributed by atoms with Gasteiger partial charge in [-0.1, -0.05) is 12.0 Å². The van der Waals surface area contributed by atoms with Gasteiger partial charge in [0.2, 0.25) is 0 Å². The van der Waals surface area contributed by atoms with Crippen LogP contribution in [0.5, 0.6) is 0 Å². The summed E-state index contributed by atoms with van der Waals surface area (Å²) in [4.78, 5) is 11.7. The first-order valence-electron chi connectivity index (χ1n) is 4.69. The molecule has 1 aromatic carbocycles. The van der Waals surface area contributed by atoms with Gasteiger partial charge in [-0.25, -0.2) is 0 Å². The average Bonchev–Trinajstić information content (AvgIpc) is 2.22. The number of aryl methyl sites for hydroxylation is 1. The van der Waals surface area contributed by atoms with Crippen LogP contribution in [0.25, 0.3) is 0 Å². The summed E-state index contributed by atoms with van der Waals surface area (Å²) in [5.74, 6) is 5.34. The molecule has 0 spiro atoms. The maximum atomic E-state index is 11.7. The minimum Gasteiger partial charge on any atom is -0.399 e. The van der Waals surface area contributed by atoms with E-state index in [-0.39, 0.29) is 5.91 Å². The highest BCUT2D eigenvalue weighted by molar-refractivity contribution is 5.96. The van der Waals surface area contributed by atoms with Crippen molar-refractivity contribution in [2.45, 2.75) is 13.8 Å². The molecule has 0 unspecified atom stereocenters. The molecule has 0 aliphatic carbocycles. The second-order valence-corrected chi connectivity index (χ2v) is 3.18. The molecular weight excluding hydrogens is 188 g/mol. The number of benzene rings is 1. The number of nitrogens with one attached hydrogen (secondary N) is 1. The summed E-state index contributed by atoms with van der Waals surface area (Å²) < 4.78 is 0. The number of hydrogen-bond donors (Lipinski definition) is 2. The molecule has 0 aliphatic rings. The topological polar surface area (TPSA) is 55.1 Å². The van der Waals surface area contributed by atoms with E-state index in [9.17, 15) is 4.79 Å². The van der Waals surface area contributed by atoms with Crippen LogP contribution in [0, 0.1) is 18.8 Å². The molecule has 3 nitrogen and oxygen atoms in total. The van der Waals surface area contributed by atoms with Crippen molar-refractivity contribution in [1.82, 2.24) is 5.32 Å². The summed E-state index contributed by atoms with van der Waals surface area (Å²) >= 11 is 0. The Morgan fingerprint density at radius 2 is 2.27 bits per heavy atom. The van der Waals surface area contributed by atoms with Gasteiger partial charge in [-0.15, -0.1) is 5.92 Å². The Hall–Kier alpha value is -1.95. The van der Waals surface area contributed by atoms with E-state index in [0.717, 1.165) is 5.56 Å². The Balaban J connectivity index is 2.80. The van der Waals surface area contributed by atoms with Gasteiger partial charge in [0.05, 0.1) is 6.54 Å². The van der Waals surface area contributed by atoms with Crippen LogP contribution in [0.4, 0.5) is 5.69 Å². The van der Waals surface area contributed by atoms with Crippen molar-refractivity contribution >= 4 is 11.6 Å². The first-order valence-corrected chi connectivity index (χ1v) is 4.69. The predicted molar refractivity (Wildman–Crippen MR) is 61.4 cm³/mol. The van der Waals surface area contributed by atoms with Crippen molar-refractivity contribution in [2.75, 3.05) is 12.3 Å². The number of hydrogen-bond acceptors (Lipinski definition) is 2. The fourth-order valence-corrected chi connectivity index (χ4v) is 1.19. The Kier molecular flexibility index (Phi) is 3.75. The smallest absolute Gasteiger partial charge is 0.252 e. The van der Waals surface area contributed by atoms with Crippen LogP contribution in [0.1, 0.15) is 22.8 Å². The van der Waals surface area contributed by atoms with Crippen LogP contribution in [-0.2, 0) is 0 Å². The van der Waals surface area contributed by atoms with Crippen LogP contribution in [-0.4, -0.2) is 12.5 Å². The van der Waals surface area contributed by atoms with Crippen molar-refractivity contribution in [3.05, 3.63) is 29.3 Å². The van der Waals surface area contributed by atoms with E-state index in [1.807, 2.05) is 13.0 Å². The normalized spacial score (nSPS) is 8.93. The molecule has 78 valence electrons. The van der Waals surface area contributed by atoms with Crippen molar-refractivity contribution < 1.29 is 4.79 Å². The summed E-state index contributed by atoms with van der Waals surface area (Å²) in [6.45, 7) is 3.97. The van der Waals surface area contributed by atoms with Crippen LogP contribution in [0.3, 0.4) is 0 Å². The Bertz CT molecular complexity index is 427. The molecule has 0 bridgehead atoms. The van der Waals surface area contributed by atoms with Crippen LogP contribution in [0.15, 0.2) is 18.2 Å². The van der Waals surface area contributed by atoms with Crippen LogP contribution >= 0.6 is 0 Å². The molecular formula is C12H14N2O. The van der Waals surface area contributed by atoms with Crippen molar-refractivity contribution in [2.24, 2.45) is 0 Å². The molecule has 3 heteroatoms. The molecule has 1 aromatic rings. The highest BCUT2D eigenvalue weighted by Crippen LogP contribution is 2.12. The van der Waals surface area contributed by atoms with Gasteiger partial charge < -0.3 is 11.1 Å². The van der Waals surface area contributed by atoms with E-state index in [1.54, 1.807) is 19.1 Å². The third-order valence-electron chi connectivity index (χ3n) is 2.02. The lowest BCUT2D eigenvalue weighted by Crippen LogP contribution is -2.24. The molecule has 0 radical (unpaired) electrons. The maximum absolute atomic E-state index is 11.7. The van der Waals surface area contributed by atoms with Gasteiger partial charge in [-0.05, 0) is 31.5 Å². The number of carbonyl (C=O) groups excluding carboxylic acids is 1. The number of anilines is 1. The standard InChI is InChI=1S/C12H14N2O/c1-3-4-7-14-12(15)11-8-10(13)6-5-9(11)2/h5-6,8H,7,13H2,1-2H3,(H,14,15). The first kappa shape index (κ1) is 11.1. The molecule has 0 atom stereocenters. The highest BCUT2D eigenvalue weighted by Gasteiger charge is 2.07. The molecule has 15 heavy (non-hydrogen) atoms. The van der Waals surface area contributed by atoms with Gasteiger partial charge >= 0.3 is 0 Å². The van der Waals surface area contributed by atoms with Gasteiger partial charge in [0.1, 0.15) is 0 Å². The molecule has 0 saturated heterocycles. The molecule has 0 fully saturated rings. The lowest BCUT2D eigenvalue weighted by Gasteiger charge is -2.06. The lowest BCUT2D eigenvalue weighted by molar-refractivity contribution is 0.0958. The van der Waals surface area contributed by atoms with E-state index < -0.39 is 0 Å². The third kappa shape index (κ3) is 3.03. The molecule has 0 aliphatic heterocycles. The fourth-order valence-electron chi connectivity index (χ4n) is 1.19. The van der Waals surface area contributed by atoms with E-state index >= 15 is 0 Å². The van der Waals surface area contributed by atoms with Gasteiger partial charge in [0.25, 0.3) is 5.91 Å². The van der Waals surface area contributed by atoms with Gasteiger partial charge in [-0.2, -0.15) is 0 Å². The Morgan fingerprint density at radius 1 is 1.53 bits per heavy atom. The Labute approximate surface area is 89.7 Å². The predicted octanol–water partition coefficient (Wildman–Crippen LogP) is 1.33. The number of nitrogens with two attached hydrogens (primary N) is 1. The molecule has 3 N–H and O–H groups in total. The number of carbonyl (C=O) groups is 1. The largest absolute Gasteiger partial charge is 0.399 e. The minimum absolute atomic E-state index is 0.137. The van der Waals surface area contributed by atoms with E-state index in [4.69, 9.17) is 5.73 Å². The summed E-state index contributed by atoms with van der Waals surface area (Å²) in [7, 11) is 0. The summed E-state index contributed by atoms with van der Waals surface area (Å²) in [5, 5.41) is 2.70. The summed E-state index contributed by atoms with van der Waals surface area (Å²) in [6.07, 6.45) is 0. The molecule has 0 aromatic heterocycles. The third-order valence-corrected chi connectivity index (χ3v) is 2.02. The Morgan fingerprint density at radius 3 is 2.93 bits per heavy atom. The monoisotopic (exact) mass is 202 g/mol. The fraction of sp³-hybridized carbons (Fsp3) is 0.250. The average molecular weight is 202 g/mol. The second-order valence-electron chi connectivity index (χ2n) is 3.18. The highest BCUT2D eigenvalue weighted by atomic mass is 16.1. The van der Waals surface area contributed by atoms with Crippen molar-refractivity contribution in [1.29, 1.82) is 0 Å². The minimum atomic E-state index is -0.137. The zero-order chi connectivity index (χ0) is 11.3.